The molecular weight excluding hydrogens is 249 g/mol. The van der Waals surface area contributed by atoms with E-state index in [9.17, 15) is 9.18 Å². The number of aldehydes is 1. The molecule has 98 valence electrons. The number of rotatable bonds is 5. The molecule has 2 rings (SSSR count). The second-order valence-corrected chi connectivity index (χ2v) is 3.77. The van der Waals surface area contributed by atoms with Crippen molar-refractivity contribution in [2.75, 3.05) is 12.4 Å². The molecule has 0 radical (unpaired) electrons. The number of halogens is 1. The zero-order valence-electron chi connectivity index (χ0n) is 10.3. The van der Waals surface area contributed by atoms with Gasteiger partial charge in [0, 0.05) is 23.9 Å². The lowest BCUT2D eigenvalue weighted by atomic mass is 10.2. The minimum absolute atomic E-state index is 0.321. The van der Waals surface area contributed by atoms with E-state index in [1.54, 1.807) is 12.1 Å². The molecule has 0 fully saturated rings. The van der Waals surface area contributed by atoms with Crippen molar-refractivity contribution in [3.63, 3.8) is 0 Å². The van der Waals surface area contributed by atoms with Crippen LogP contribution in [0.3, 0.4) is 0 Å². The van der Waals surface area contributed by atoms with Crippen LogP contribution in [0.5, 0.6) is 5.88 Å². The molecular formula is C13H12FN3O2. The number of anilines is 1. The normalized spacial score (nSPS) is 10.0. The minimum Gasteiger partial charge on any atom is -0.481 e. The predicted molar refractivity (Wildman–Crippen MR) is 67.7 cm³/mol. The number of nitrogens with one attached hydrogen (secondary N) is 1. The van der Waals surface area contributed by atoms with E-state index in [1.165, 1.54) is 19.4 Å². The first-order valence-electron chi connectivity index (χ1n) is 5.56. The number of ether oxygens (including phenoxy) is 1. The highest BCUT2D eigenvalue weighted by atomic mass is 19.1. The molecule has 0 aliphatic rings. The van der Waals surface area contributed by atoms with Gasteiger partial charge >= 0.3 is 0 Å². The van der Waals surface area contributed by atoms with Crippen LogP contribution in [0.2, 0.25) is 0 Å². The molecule has 0 aromatic carbocycles. The maximum Gasteiger partial charge on any atom is 0.218 e. The highest BCUT2D eigenvalue weighted by Crippen LogP contribution is 2.17. The molecule has 0 aliphatic heterocycles. The number of pyridine rings is 2. The van der Waals surface area contributed by atoms with Gasteiger partial charge in [0.15, 0.2) is 6.29 Å². The fourth-order valence-electron chi connectivity index (χ4n) is 1.54. The Labute approximate surface area is 109 Å². The van der Waals surface area contributed by atoms with Gasteiger partial charge in [0.2, 0.25) is 5.88 Å². The molecule has 2 aromatic rings. The second-order valence-electron chi connectivity index (χ2n) is 3.77. The monoisotopic (exact) mass is 261 g/mol. The zero-order chi connectivity index (χ0) is 13.7. The molecule has 2 heterocycles. The Morgan fingerprint density at radius 2 is 2.21 bits per heavy atom. The molecule has 1 N–H and O–H groups in total. The van der Waals surface area contributed by atoms with E-state index < -0.39 is 5.82 Å². The number of aromatic nitrogens is 2. The van der Waals surface area contributed by atoms with E-state index in [-0.39, 0.29) is 0 Å². The molecule has 0 bridgehead atoms. The van der Waals surface area contributed by atoms with Crippen LogP contribution in [0.4, 0.5) is 10.2 Å². The van der Waals surface area contributed by atoms with Crippen molar-refractivity contribution in [3.05, 3.63) is 47.5 Å². The van der Waals surface area contributed by atoms with Crippen LogP contribution in [0.1, 0.15) is 15.9 Å². The van der Waals surface area contributed by atoms with Crippen LogP contribution >= 0.6 is 0 Å². The Bertz CT molecular complexity index is 573. The van der Waals surface area contributed by atoms with Crippen LogP contribution < -0.4 is 10.1 Å². The maximum absolute atomic E-state index is 13.1. The fourth-order valence-corrected chi connectivity index (χ4v) is 1.54. The summed E-state index contributed by atoms with van der Waals surface area (Å²) in [6.45, 7) is 0.321. The van der Waals surface area contributed by atoms with Crippen molar-refractivity contribution in [2.45, 2.75) is 6.54 Å². The zero-order valence-corrected chi connectivity index (χ0v) is 10.3. The summed E-state index contributed by atoms with van der Waals surface area (Å²) in [4.78, 5) is 18.4. The van der Waals surface area contributed by atoms with Crippen molar-refractivity contribution in [1.82, 2.24) is 9.97 Å². The molecule has 0 unspecified atom stereocenters. The van der Waals surface area contributed by atoms with Crippen LogP contribution in [0, 0.1) is 5.82 Å². The van der Waals surface area contributed by atoms with Gasteiger partial charge in [-0.25, -0.2) is 14.4 Å². The van der Waals surface area contributed by atoms with E-state index >= 15 is 0 Å². The Morgan fingerprint density at radius 3 is 2.84 bits per heavy atom. The highest BCUT2D eigenvalue weighted by Gasteiger charge is 2.06. The number of carbonyl (C=O) groups is 1. The van der Waals surface area contributed by atoms with Gasteiger partial charge in [-0.2, -0.15) is 0 Å². The Kier molecular flexibility index (Phi) is 4.02. The summed E-state index contributed by atoms with van der Waals surface area (Å²) in [5.41, 5.74) is 1.08. The lowest BCUT2D eigenvalue weighted by molar-refractivity contribution is 0.112. The van der Waals surface area contributed by atoms with Crippen molar-refractivity contribution in [2.24, 2.45) is 0 Å². The average Bonchev–Trinajstić information content (AvgIpc) is 2.46. The summed E-state index contributed by atoms with van der Waals surface area (Å²) >= 11 is 0. The molecule has 6 heteroatoms. The van der Waals surface area contributed by atoms with Gasteiger partial charge in [-0.15, -0.1) is 0 Å². The number of nitrogens with zero attached hydrogens (tertiary/aromatic N) is 2. The van der Waals surface area contributed by atoms with Crippen LogP contribution in [-0.4, -0.2) is 23.4 Å². The first-order valence-corrected chi connectivity index (χ1v) is 5.56. The van der Waals surface area contributed by atoms with E-state index in [2.05, 4.69) is 15.3 Å². The quantitative estimate of drug-likeness (QED) is 0.834. The molecule has 0 amide bonds. The van der Waals surface area contributed by atoms with Crippen LogP contribution in [-0.2, 0) is 6.54 Å². The Hall–Kier alpha value is -2.50. The largest absolute Gasteiger partial charge is 0.481 e. The molecule has 0 spiro atoms. The number of hydrogen-bond acceptors (Lipinski definition) is 5. The topological polar surface area (TPSA) is 64.1 Å². The van der Waals surface area contributed by atoms with Crippen molar-refractivity contribution in [1.29, 1.82) is 0 Å². The van der Waals surface area contributed by atoms with E-state index in [1.807, 2.05) is 0 Å². The third kappa shape index (κ3) is 3.25. The molecule has 0 aliphatic carbocycles. The van der Waals surface area contributed by atoms with Gasteiger partial charge in [0.1, 0.15) is 11.6 Å². The smallest absolute Gasteiger partial charge is 0.218 e. The third-order valence-corrected chi connectivity index (χ3v) is 2.47. The molecule has 0 atom stereocenters. The molecule has 2 aromatic heterocycles. The summed E-state index contributed by atoms with van der Waals surface area (Å²) in [5.74, 6) is 0.511. The number of hydrogen-bond donors (Lipinski definition) is 1. The average molecular weight is 261 g/mol. The van der Waals surface area contributed by atoms with Crippen molar-refractivity contribution in [3.8, 4) is 5.88 Å². The summed E-state index contributed by atoms with van der Waals surface area (Å²) in [6.07, 6.45) is 3.27. The van der Waals surface area contributed by atoms with Crippen LogP contribution in [0.15, 0.2) is 30.6 Å². The Balaban J connectivity index is 2.09. The molecule has 19 heavy (non-hydrogen) atoms. The van der Waals surface area contributed by atoms with Gasteiger partial charge in [-0.3, -0.25) is 4.79 Å². The summed E-state index contributed by atoms with van der Waals surface area (Å²) in [5, 5.41) is 3.00. The first-order chi connectivity index (χ1) is 9.22. The highest BCUT2D eigenvalue weighted by molar-refractivity contribution is 5.74. The Morgan fingerprint density at radius 1 is 1.37 bits per heavy atom. The summed E-state index contributed by atoms with van der Waals surface area (Å²) in [6, 6.07) is 4.66. The number of methoxy groups -OCH3 is 1. The SMILES string of the molecule is COc1ncc(F)cc1CNc1ccc(C=O)cn1. The van der Waals surface area contributed by atoms with E-state index in [0.29, 0.717) is 29.4 Å². The maximum atomic E-state index is 13.1. The van der Waals surface area contributed by atoms with Gasteiger partial charge in [0.05, 0.1) is 13.3 Å². The van der Waals surface area contributed by atoms with Crippen molar-refractivity contribution < 1.29 is 13.9 Å². The van der Waals surface area contributed by atoms with E-state index in [4.69, 9.17) is 4.74 Å². The summed E-state index contributed by atoms with van der Waals surface area (Å²) in [7, 11) is 1.47. The summed E-state index contributed by atoms with van der Waals surface area (Å²) < 4.78 is 18.1. The molecule has 0 saturated heterocycles. The molecule has 5 nitrogen and oxygen atoms in total. The molecule has 0 saturated carbocycles. The minimum atomic E-state index is -0.429. The lowest BCUT2D eigenvalue weighted by Gasteiger charge is -2.09. The predicted octanol–water partition coefficient (Wildman–Crippen LogP) is 2.05. The standard InChI is InChI=1S/C13H12FN3O2/c1-19-13-10(4-11(14)7-17-13)6-16-12-3-2-9(8-18)5-15-12/h2-5,7-8H,6H2,1H3,(H,15,16). The van der Waals surface area contributed by atoms with Crippen LogP contribution in [0.25, 0.3) is 0 Å². The lowest BCUT2D eigenvalue weighted by Crippen LogP contribution is -2.05. The van der Waals surface area contributed by atoms with Crippen molar-refractivity contribution >= 4 is 12.1 Å². The van der Waals surface area contributed by atoms with Gasteiger partial charge in [0.25, 0.3) is 0 Å². The van der Waals surface area contributed by atoms with Gasteiger partial charge in [-0.05, 0) is 18.2 Å². The third-order valence-electron chi connectivity index (χ3n) is 2.47. The number of carbonyl (C=O) groups excluding carboxylic acids is 1. The second kappa shape index (κ2) is 5.90. The van der Waals surface area contributed by atoms with Gasteiger partial charge in [-0.1, -0.05) is 0 Å². The first kappa shape index (κ1) is 12.9. The van der Waals surface area contributed by atoms with E-state index in [0.717, 1.165) is 12.5 Å². The van der Waals surface area contributed by atoms with Gasteiger partial charge < -0.3 is 10.1 Å². The fraction of sp³-hybridized carbons (Fsp3) is 0.154.